The third-order valence-corrected chi connectivity index (χ3v) is 2.33. The maximum atomic E-state index is 11.2. The maximum Gasteiger partial charge on any atom is 0.313 e. The van der Waals surface area contributed by atoms with Crippen LogP contribution in [0.2, 0.25) is 0 Å². The zero-order chi connectivity index (χ0) is 13.8. The van der Waals surface area contributed by atoms with E-state index < -0.39 is 17.9 Å². The highest BCUT2D eigenvalue weighted by Gasteiger charge is 2.10. The first-order chi connectivity index (χ1) is 8.56. The van der Waals surface area contributed by atoms with Gasteiger partial charge in [0.1, 0.15) is 0 Å². The van der Waals surface area contributed by atoms with Crippen LogP contribution >= 0.6 is 0 Å². The van der Waals surface area contributed by atoms with Crippen LogP contribution in [-0.4, -0.2) is 29.6 Å². The molecule has 0 unspecified atom stereocenters. The van der Waals surface area contributed by atoms with Crippen molar-refractivity contribution in [3.63, 3.8) is 0 Å². The molecule has 0 saturated carbocycles. The molecule has 0 fully saturated rings. The molecule has 0 aliphatic carbocycles. The van der Waals surface area contributed by atoms with Crippen LogP contribution in [0.25, 0.3) is 0 Å². The van der Waals surface area contributed by atoms with Crippen molar-refractivity contribution in [2.75, 3.05) is 6.54 Å². The average molecular weight is 259 g/mol. The number of carboxylic acid groups (broad SMARTS) is 1. The van der Waals surface area contributed by atoms with Crippen LogP contribution in [0.5, 0.6) is 0 Å². The van der Waals surface area contributed by atoms with Crippen molar-refractivity contribution >= 4 is 17.9 Å². The molecule has 0 radical (unpaired) electrons. The first-order valence-corrected chi connectivity index (χ1v) is 6.21. The Hall–Kier alpha value is -1.43. The van der Waals surface area contributed by atoms with Crippen LogP contribution in [0.1, 0.15) is 51.4 Å². The van der Waals surface area contributed by atoms with Crippen molar-refractivity contribution in [3.8, 4) is 0 Å². The van der Waals surface area contributed by atoms with Crippen molar-refractivity contribution in [2.24, 2.45) is 5.73 Å². The Labute approximate surface area is 106 Å². The van der Waals surface area contributed by atoms with E-state index in [4.69, 9.17) is 10.8 Å². The molecule has 0 aliphatic rings. The summed E-state index contributed by atoms with van der Waals surface area (Å²) in [7, 11) is 0. The van der Waals surface area contributed by atoms with Gasteiger partial charge >= 0.3 is 17.9 Å². The third kappa shape index (κ3) is 11.1. The Bertz CT molecular complexity index is 278. The predicted molar refractivity (Wildman–Crippen MR) is 64.7 cm³/mol. The van der Waals surface area contributed by atoms with Gasteiger partial charge in [0, 0.05) is 19.3 Å². The number of esters is 2. The normalized spacial score (nSPS) is 10.1. The number of carbonyl (C=O) groups is 3. The van der Waals surface area contributed by atoms with E-state index in [2.05, 4.69) is 4.74 Å². The largest absolute Gasteiger partial charge is 0.481 e. The van der Waals surface area contributed by atoms with Gasteiger partial charge in [0.2, 0.25) is 0 Å². The SMILES string of the molecule is NCCCCCC(=O)OC(=O)CCCCC(=O)O. The molecule has 0 atom stereocenters. The number of unbranched alkanes of at least 4 members (excludes halogenated alkanes) is 3. The van der Waals surface area contributed by atoms with E-state index >= 15 is 0 Å². The first-order valence-electron chi connectivity index (χ1n) is 6.21. The van der Waals surface area contributed by atoms with E-state index in [1.807, 2.05) is 0 Å². The summed E-state index contributed by atoms with van der Waals surface area (Å²) in [5.74, 6) is -1.99. The second-order valence-electron chi connectivity index (χ2n) is 4.05. The summed E-state index contributed by atoms with van der Waals surface area (Å²) < 4.78 is 4.58. The maximum absolute atomic E-state index is 11.2. The standard InChI is InChI=1S/C12H21NO5/c13-9-5-1-2-7-11(16)18-12(17)8-4-3-6-10(14)15/h1-9,13H2,(H,14,15). The summed E-state index contributed by atoms with van der Waals surface area (Å²) in [4.78, 5) is 32.6. The summed E-state index contributed by atoms with van der Waals surface area (Å²) in [5, 5.41) is 8.39. The van der Waals surface area contributed by atoms with Crippen LogP contribution in [0.4, 0.5) is 0 Å². The Morgan fingerprint density at radius 1 is 0.833 bits per heavy atom. The van der Waals surface area contributed by atoms with Gasteiger partial charge in [-0.05, 0) is 32.2 Å². The Balaban J connectivity index is 3.49. The van der Waals surface area contributed by atoms with E-state index in [-0.39, 0.29) is 19.3 Å². The van der Waals surface area contributed by atoms with Crippen LogP contribution in [0.15, 0.2) is 0 Å². The zero-order valence-electron chi connectivity index (χ0n) is 10.5. The van der Waals surface area contributed by atoms with Gasteiger partial charge in [-0.1, -0.05) is 6.42 Å². The van der Waals surface area contributed by atoms with Gasteiger partial charge in [0.15, 0.2) is 0 Å². The van der Waals surface area contributed by atoms with E-state index in [1.165, 1.54) is 0 Å². The number of rotatable bonds is 10. The molecule has 6 heteroatoms. The van der Waals surface area contributed by atoms with Crippen molar-refractivity contribution in [1.29, 1.82) is 0 Å². The van der Waals surface area contributed by atoms with E-state index in [1.54, 1.807) is 0 Å². The summed E-state index contributed by atoms with van der Waals surface area (Å²) in [5.41, 5.74) is 5.30. The van der Waals surface area contributed by atoms with Crippen LogP contribution in [0.3, 0.4) is 0 Å². The number of carboxylic acids is 1. The van der Waals surface area contributed by atoms with Gasteiger partial charge in [-0.15, -0.1) is 0 Å². The number of ether oxygens (including phenoxy) is 1. The fourth-order valence-electron chi connectivity index (χ4n) is 1.37. The molecule has 0 aromatic carbocycles. The summed E-state index contributed by atoms with van der Waals surface area (Å²) in [6.07, 6.45) is 3.54. The average Bonchev–Trinajstić information content (AvgIpc) is 2.30. The van der Waals surface area contributed by atoms with Crippen molar-refractivity contribution in [2.45, 2.75) is 51.4 Å². The molecule has 0 spiro atoms. The van der Waals surface area contributed by atoms with E-state index in [0.29, 0.717) is 25.8 Å². The zero-order valence-corrected chi connectivity index (χ0v) is 10.5. The third-order valence-electron chi connectivity index (χ3n) is 2.33. The molecular weight excluding hydrogens is 238 g/mol. The minimum atomic E-state index is -0.889. The summed E-state index contributed by atoms with van der Waals surface area (Å²) in [6.45, 7) is 0.595. The van der Waals surface area contributed by atoms with Crippen LogP contribution < -0.4 is 5.73 Å². The number of nitrogens with two attached hydrogens (primary N) is 1. The topological polar surface area (TPSA) is 107 Å². The molecule has 0 aliphatic heterocycles. The van der Waals surface area contributed by atoms with Gasteiger partial charge in [-0.3, -0.25) is 14.4 Å². The predicted octanol–water partition coefficient (Wildman–Crippen LogP) is 1.22. The second kappa shape index (κ2) is 10.7. The minimum Gasteiger partial charge on any atom is -0.481 e. The highest BCUT2D eigenvalue weighted by Crippen LogP contribution is 2.04. The monoisotopic (exact) mass is 259 g/mol. The molecule has 18 heavy (non-hydrogen) atoms. The van der Waals surface area contributed by atoms with Crippen molar-refractivity contribution < 1.29 is 24.2 Å². The molecule has 6 nitrogen and oxygen atoms in total. The van der Waals surface area contributed by atoms with Gasteiger partial charge in [-0.2, -0.15) is 0 Å². The lowest BCUT2D eigenvalue weighted by Crippen LogP contribution is -2.12. The minimum absolute atomic E-state index is 0.0281. The van der Waals surface area contributed by atoms with Gasteiger partial charge in [0.25, 0.3) is 0 Å². The molecule has 0 heterocycles. The molecule has 0 rings (SSSR count). The van der Waals surface area contributed by atoms with E-state index in [0.717, 1.165) is 12.8 Å². The summed E-state index contributed by atoms with van der Waals surface area (Å²) in [6, 6.07) is 0. The molecule has 0 aromatic rings. The number of aliphatic carboxylic acids is 1. The first kappa shape index (κ1) is 16.6. The van der Waals surface area contributed by atoms with Crippen molar-refractivity contribution in [3.05, 3.63) is 0 Å². The fourth-order valence-corrected chi connectivity index (χ4v) is 1.37. The second-order valence-corrected chi connectivity index (χ2v) is 4.05. The van der Waals surface area contributed by atoms with Crippen LogP contribution in [-0.2, 0) is 19.1 Å². The Morgan fingerprint density at radius 2 is 1.33 bits per heavy atom. The lowest BCUT2D eigenvalue weighted by atomic mass is 10.2. The Kier molecular flexibility index (Phi) is 9.86. The Morgan fingerprint density at radius 3 is 1.83 bits per heavy atom. The van der Waals surface area contributed by atoms with Gasteiger partial charge in [0.05, 0.1) is 0 Å². The lowest BCUT2D eigenvalue weighted by Gasteiger charge is -2.02. The van der Waals surface area contributed by atoms with Crippen LogP contribution in [0, 0.1) is 0 Å². The number of hydrogen-bond acceptors (Lipinski definition) is 5. The number of carbonyl (C=O) groups excluding carboxylic acids is 2. The molecular formula is C12H21NO5. The lowest BCUT2D eigenvalue weighted by molar-refractivity contribution is -0.160. The highest BCUT2D eigenvalue weighted by molar-refractivity contribution is 5.85. The van der Waals surface area contributed by atoms with Crippen molar-refractivity contribution in [1.82, 2.24) is 0 Å². The highest BCUT2D eigenvalue weighted by atomic mass is 16.6. The molecule has 0 amide bonds. The van der Waals surface area contributed by atoms with Gasteiger partial charge < -0.3 is 15.6 Å². The molecule has 3 N–H and O–H groups in total. The van der Waals surface area contributed by atoms with E-state index in [9.17, 15) is 14.4 Å². The fraction of sp³-hybridized carbons (Fsp3) is 0.750. The molecule has 0 aromatic heterocycles. The smallest absolute Gasteiger partial charge is 0.313 e. The van der Waals surface area contributed by atoms with Gasteiger partial charge in [-0.25, -0.2) is 0 Å². The summed E-state index contributed by atoms with van der Waals surface area (Å²) >= 11 is 0. The number of hydrogen-bond donors (Lipinski definition) is 2. The molecule has 0 saturated heterocycles. The molecule has 104 valence electrons. The quantitative estimate of drug-likeness (QED) is 0.347. The molecule has 0 bridgehead atoms.